The molecule has 0 aliphatic rings. The molecule has 21 heavy (non-hydrogen) atoms. The lowest BCUT2D eigenvalue weighted by atomic mass is 10.0. The Balaban J connectivity index is 2.57. The second-order valence-corrected chi connectivity index (χ2v) is 5.79. The highest BCUT2D eigenvalue weighted by Crippen LogP contribution is 2.34. The van der Waals surface area contributed by atoms with Crippen molar-refractivity contribution >= 4 is 40.0 Å². The summed E-state index contributed by atoms with van der Waals surface area (Å²) in [5.41, 5.74) is 0.158. The molecule has 0 unspecified atom stereocenters. The van der Waals surface area contributed by atoms with E-state index in [9.17, 15) is 9.18 Å². The number of benzene rings is 2. The molecule has 0 atom stereocenters. The predicted octanol–water partition coefficient (Wildman–Crippen LogP) is 4.33. The summed E-state index contributed by atoms with van der Waals surface area (Å²) < 4.78 is 24.9. The predicted molar refractivity (Wildman–Crippen MR) is 87.1 cm³/mol. The molecular weight excluding hydrogens is 410 g/mol. The van der Waals surface area contributed by atoms with Crippen LogP contribution in [0.3, 0.4) is 0 Å². The maximum Gasteiger partial charge on any atom is 0.199 e. The fraction of sp³-hybridized carbons (Fsp3) is 0.133. The monoisotopic (exact) mass is 420 g/mol. The highest BCUT2D eigenvalue weighted by Gasteiger charge is 2.20. The van der Waals surface area contributed by atoms with Crippen molar-refractivity contribution in [3.05, 3.63) is 55.9 Å². The van der Waals surface area contributed by atoms with Crippen LogP contribution in [0.25, 0.3) is 0 Å². The number of ketones is 1. The molecule has 0 saturated heterocycles. The average Bonchev–Trinajstić information content (AvgIpc) is 2.48. The molecule has 2 aromatic carbocycles. The van der Waals surface area contributed by atoms with Gasteiger partial charge in [0.15, 0.2) is 5.78 Å². The lowest BCUT2D eigenvalue weighted by molar-refractivity contribution is 0.103. The molecule has 0 aliphatic carbocycles. The van der Waals surface area contributed by atoms with Crippen molar-refractivity contribution in [1.29, 1.82) is 0 Å². The fourth-order valence-electron chi connectivity index (χ4n) is 1.85. The molecule has 0 amide bonds. The van der Waals surface area contributed by atoms with E-state index in [4.69, 9.17) is 21.1 Å². The van der Waals surface area contributed by atoms with Crippen LogP contribution in [0.15, 0.2) is 30.3 Å². The molecule has 0 fully saturated rings. The molecule has 0 spiro atoms. The Bertz CT molecular complexity index is 704. The van der Waals surface area contributed by atoms with E-state index in [1.807, 2.05) is 22.6 Å². The zero-order valence-corrected chi connectivity index (χ0v) is 14.2. The van der Waals surface area contributed by atoms with Gasteiger partial charge in [-0.3, -0.25) is 4.79 Å². The normalized spacial score (nSPS) is 10.3. The number of halogens is 3. The topological polar surface area (TPSA) is 35.5 Å². The highest BCUT2D eigenvalue weighted by atomic mass is 127. The van der Waals surface area contributed by atoms with E-state index in [-0.39, 0.29) is 21.9 Å². The van der Waals surface area contributed by atoms with Crippen LogP contribution in [0.1, 0.15) is 15.9 Å². The summed E-state index contributed by atoms with van der Waals surface area (Å²) in [6.45, 7) is 0. The first-order valence-electron chi connectivity index (χ1n) is 5.89. The van der Waals surface area contributed by atoms with Gasteiger partial charge in [0.1, 0.15) is 17.3 Å². The molecule has 2 rings (SSSR count). The Labute approximate surface area is 140 Å². The number of hydrogen-bond donors (Lipinski definition) is 0. The van der Waals surface area contributed by atoms with Gasteiger partial charge >= 0.3 is 0 Å². The second-order valence-electron chi connectivity index (χ2n) is 4.14. The molecule has 110 valence electrons. The Hall–Kier alpha value is -1.34. The zero-order valence-electron chi connectivity index (χ0n) is 11.2. The van der Waals surface area contributed by atoms with Gasteiger partial charge in [0, 0.05) is 9.64 Å². The summed E-state index contributed by atoms with van der Waals surface area (Å²) >= 11 is 8.05. The Morgan fingerprint density at radius 3 is 2.38 bits per heavy atom. The molecule has 0 saturated carbocycles. The number of methoxy groups -OCH3 is 2. The van der Waals surface area contributed by atoms with Gasteiger partial charge in [0.2, 0.25) is 0 Å². The quantitative estimate of drug-likeness (QED) is 0.545. The van der Waals surface area contributed by atoms with E-state index >= 15 is 0 Å². The van der Waals surface area contributed by atoms with Crippen molar-refractivity contribution in [2.45, 2.75) is 0 Å². The highest BCUT2D eigenvalue weighted by molar-refractivity contribution is 14.1. The third-order valence-corrected chi connectivity index (χ3v) is 3.86. The summed E-state index contributed by atoms with van der Waals surface area (Å²) in [6, 6.07) is 7.25. The standard InChI is InChI=1S/C15H11ClFIO3/c1-20-13-7-14(21-2)11(16)6-10(13)15(19)9-5-8(18)3-4-12(9)17/h3-7H,1-2H3. The molecule has 0 aliphatic heterocycles. The van der Waals surface area contributed by atoms with Gasteiger partial charge < -0.3 is 9.47 Å². The third kappa shape index (κ3) is 3.29. The first-order chi connectivity index (χ1) is 9.97. The molecule has 3 nitrogen and oxygen atoms in total. The fourth-order valence-corrected chi connectivity index (χ4v) is 2.59. The largest absolute Gasteiger partial charge is 0.496 e. The van der Waals surface area contributed by atoms with Gasteiger partial charge in [-0.05, 0) is 46.9 Å². The number of carbonyl (C=O) groups is 1. The maximum absolute atomic E-state index is 13.9. The molecule has 0 radical (unpaired) electrons. The van der Waals surface area contributed by atoms with Crippen LogP contribution in [0.4, 0.5) is 4.39 Å². The van der Waals surface area contributed by atoms with E-state index in [2.05, 4.69) is 0 Å². The van der Waals surface area contributed by atoms with Crippen molar-refractivity contribution < 1.29 is 18.7 Å². The van der Waals surface area contributed by atoms with Crippen LogP contribution >= 0.6 is 34.2 Å². The average molecular weight is 421 g/mol. The lowest BCUT2D eigenvalue weighted by Gasteiger charge is -2.12. The Kier molecular flexibility index (Phi) is 5.05. The van der Waals surface area contributed by atoms with Crippen LogP contribution < -0.4 is 9.47 Å². The summed E-state index contributed by atoms with van der Waals surface area (Å²) in [5.74, 6) is -0.422. The van der Waals surface area contributed by atoms with Crippen molar-refractivity contribution in [2.75, 3.05) is 14.2 Å². The van der Waals surface area contributed by atoms with E-state index in [1.165, 1.54) is 38.5 Å². The molecule has 0 bridgehead atoms. The molecule has 0 aromatic heterocycles. The molecule has 6 heteroatoms. The van der Waals surface area contributed by atoms with Crippen LogP contribution in [0.5, 0.6) is 11.5 Å². The number of rotatable bonds is 4. The molecular formula is C15H11ClFIO3. The number of ether oxygens (including phenoxy) is 2. The zero-order chi connectivity index (χ0) is 15.6. The molecule has 0 N–H and O–H groups in total. The van der Waals surface area contributed by atoms with Crippen LogP contribution in [-0.2, 0) is 0 Å². The van der Waals surface area contributed by atoms with Crippen LogP contribution in [0, 0.1) is 9.39 Å². The van der Waals surface area contributed by atoms with E-state index < -0.39 is 11.6 Å². The summed E-state index contributed by atoms with van der Waals surface area (Å²) in [4.78, 5) is 12.5. The van der Waals surface area contributed by atoms with Gasteiger partial charge in [-0.25, -0.2) is 4.39 Å². The first kappa shape index (κ1) is 16.0. The second kappa shape index (κ2) is 6.62. The van der Waals surface area contributed by atoms with E-state index in [0.29, 0.717) is 5.75 Å². The van der Waals surface area contributed by atoms with Gasteiger partial charge in [-0.2, -0.15) is 0 Å². The Morgan fingerprint density at radius 2 is 1.76 bits per heavy atom. The molecule has 2 aromatic rings. The summed E-state index contributed by atoms with van der Waals surface area (Å²) in [6.07, 6.45) is 0. The van der Waals surface area contributed by atoms with Gasteiger partial charge in [0.25, 0.3) is 0 Å². The van der Waals surface area contributed by atoms with Gasteiger partial charge in [0.05, 0.1) is 30.4 Å². The minimum atomic E-state index is -0.589. The van der Waals surface area contributed by atoms with E-state index in [0.717, 1.165) is 3.57 Å². The molecule has 0 heterocycles. The van der Waals surface area contributed by atoms with Gasteiger partial charge in [-0.15, -0.1) is 0 Å². The summed E-state index contributed by atoms with van der Waals surface area (Å²) in [5, 5.41) is 0.257. The van der Waals surface area contributed by atoms with Gasteiger partial charge in [-0.1, -0.05) is 11.6 Å². The number of hydrogen-bond acceptors (Lipinski definition) is 3. The van der Waals surface area contributed by atoms with E-state index in [1.54, 1.807) is 6.07 Å². The minimum absolute atomic E-state index is 0.0265. The SMILES string of the molecule is COc1cc(OC)c(C(=O)c2cc(I)ccc2F)cc1Cl. The van der Waals surface area contributed by atoms with Crippen molar-refractivity contribution in [2.24, 2.45) is 0 Å². The van der Waals surface area contributed by atoms with Crippen molar-refractivity contribution in [3.63, 3.8) is 0 Å². The van der Waals surface area contributed by atoms with Crippen molar-refractivity contribution in [3.8, 4) is 11.5 Å². The smallest absolute Gasteiger partial charge is 0.199 e. The van der Waals surface area contributed by atoms with Crippen LogP contribution in [0.2, 0.25) is 5.02 Å². The third-order valence-electron chi connectivity index (χ3n) is 2.89. The van der Waals surface area contributed by atoms with Crippen molar-refractivity contribution in [1.82, 2.24) is 0 Å². The Morgan fingerprint density at radius 1 is 1.10 bits per heavy atom. The number of carbonyl (C=O) groups excluding carboxylic acids is 1. The minimum Gasteiger partial charge on any atom is -0.496 e. The first-order valence-corrected chi connectivity index (χ1v) is 7.35. The lowest BCUT2D eigenvalue weighted by Crippen LogP contribution is -2.07. The van der Waals surface area contributed by atoms with Crippen LogP contribution in [-0.4, -0.2) is 20.0 Å². The summed E-state index contributed by atoms with van der Waals surface area (Å²) in [7, 11) is 2.88. The maximum atomic E-state index is 13.9.